The molecule has 0 bridgehead atoms. The largest absolute Gasteiger partial charge is 0.443 e. The summed E-state index contributed by atoms with van der Waals surface area (Å²) in [4.78, 5) is 26.2. The highest BCUT2D eigenvalue weighted by atomic mass is 16.6. The summed E-state index contributed by atoms with van der Waals surface area (Å²) in [6.45, 7) is 13.9. The summed E-state index contributed by atoms with van der Waals surface area (Å²) in [7, 11) is 0. The van der Waals surface area contributed by atoms with Crippen LogP contribution in [0.4, 0.5) is 10.6 Å². The molecule has 1 atom stereocenters. The average Bonchev–Trinajstić information content (AvgIpc) is 2.83. The quantitative estimate of drug-likeness (QED) is 0.767. The second-order valence-electron chi connectivity index (χ2n) is 8.24. The molecule has 24 heavy (non-hydrogen) atoms. The lowest BCUT2D eigenvalue weighted by atomic mass is 9.89. The van der Waals surface area contributed by atoms with Gasteiger partial charge >= 0.3 is 6.09 Å². The maximum Gasteiger partial charge on any atom is 0.416 e. The number of hydrogen-bond donors (Lipinski definition) is 0. The normalized spacial score (nSPS) is 20.3. The van der Waals surface area contributed by atoms with Crippen LogP contribution < -0.4 is 4.90 Å². The van der Waals surface area contributed by atoms with Crippen molar-refractivity contribution in [2.45, 2.75) is 72.4 Å². The first-order valence-corrected chi connectivity index (χ1v) is 8.56. The van der Waals surface area contributed by atoms with E-state index in [2.05, 4.69) is 25.9 Å². The highest BCUT2D eigenvalue weighted by Crippen LogP contribution is 2.36. The number of carbonyl (C=O) groups excluding carboxylic acids is 2. The fraction of sp³-hybridized carbons (Fsp3) is 0.722. The van der Waals surface area contributed by atoms with E-state index in [1.807, 2.05) is 25.5 Å². The Kier molecular flexibility index (Phi) is 4.79. The summed E-state index contributed by atoms with van der Waals surface area (Å²) in [5.74, 6) is 0.868. The van der Waals surface area contributed by atoms with Gasteiger partial charge in [0.25, 0.3) is 0 Å². The Bertz CT molecular complexity index is 640. The number of ether oxygens (including phenoxy) is 1. The topological polar surface area (TPSA) is 64.4 Å². The van der Waals surface area contributed by atoms with Crippen molar-refractivity contribution in [3.63, 3.8) is 0 Å². The molecule has 2 rings (SSSR count). The molecular weight excluding hydrogens is 306 g/mol. The molecule has 1 aromatic rings. The summed E-state index contributed by atoms with van der Waals surface area (Å²) >= 11 is 0. The molecule has 1 aliphatic heterocycles. The Labute approximate surface area is 144 Å². The monoisotopic (exact) mass is 335 g/mol. The zero-order chi connectivity index (χ0) is 18.3. The van der Waals surface area contributed by atoms with E-state index >= 15 is 0 Å². The predicted octanol–water partition coefficient (Wildman–Crippen LogP) is 3.99. The molecule has 1 amide bonds. The van der Waals surface area contributed by atoms with E-state index < -0.39 is 11.7 Å². The maximum atomic E-state index is 12.8. The fourth-order valence-electron chi connectivity index (χ4n) is 3.15. The van der Waals surface area contributed by atoms with Crippen molar-refractivity contribution in [2.75, 3.05) is 11.4 Å². The third-order valence-electron chi connectivity index (χ3n) is 4.32. The first-order valence-electron chi connectivity index (χ1n) is 8.56. The minimum absolute atomic E-state index is 0.109. The third kappa shape index (κ3) is 3.79. The summed E-state index contributed by atoms with van der Waals surface area (Å²) in [5.41, 5.74) is -0.475. The number of carbonyl (C=O) groups is 2. The van der Waals surface area contributed by atoms with Crippen LogP contribution >= 0.6 is 0 Å². The number of nitrogens with zero attached hydrogens (tertiary/aromatic N) is 3. The molecule has 0 radical (unpaired) electrons. The van der Waals surface area contributed by atoms with Crippen molar-refractivity contribution in [2.24, 2.45) is 5.92 Å². The molecule has 2 heterocycles. The van der Waals surface area contributed by atoms with Gasteiger partial charge in [-0.3, -0.25) is 9.69 Å². The number of anilines is 1. The molecule has 6 nitrogen and oxygen atoms in total. The van der Waals surface area contributed by atoms with Crippen molar-refractivity contribution < 1.29 is 14.3 Å². The van der Waals surface area contributed by atoms with Gasteiger partial charge in [-0.05, 0) is 47.0 Å². The number of amides is 1. The van der Waals surface area contributed by atoms with Crippen LogP contribution in [-0.4, -0.2) is 33.8 Å². The minimum atomic E-state index is -0.575. The maximum absolute atomic E-state index is 12.8. The Balaban J connectivity index is 2.52. The van der Waals surface area contributed by atoms with E-state index in [0.717, 1.165) is 12.8 Å². The van der Waals surface area contributed by atoms with Crippen LogP contribution in [0.2, 0.25) is 0 Å². The molecule has 0 fully saturated rings. The summed E-state index contributed by atoms with van der Waals surface area (Å²) in [6, 6.07) is 1.70. The zero-order valence-corrected chi connectivity index (χ0v) is 15.8. The summed E-state index contributed by atoms with van der Waals surface area (Å²) < 4.78 is 7.39. The van der Waals surface area contributed by atoms with Gasteiger partial charge in [-0.15, -0.1) is 0 Å². The lowest BCUT2D eigenvalue weighted by molar-refractivity contribution is 0.0573. The van der Waals surface area contributed by atoms with Gasteiger partial charge in [0, 0.05) is 19.5 Å². The van der Waals surface area contributed by atoms with E-state index in [-0.39, 0.29) is 11.3 Å². The van der Waals surface area contributed by atoms with Crippen LogP contribution in [0, 0.1) is 5.92 Å². The van der Waals surface area contributed by atoms with Crippen LogP contribution in [0.3, 0.4) is 0 Å². The van der Waals surface area contributed by atoms with E-state index in [4.69, 9.17) is 4.74 Å². The Morgan fingerprint density at radius 3 is 2.50 bits per heavy atom. The standard InChI is InChI=1S/C18H29N3O3/c1-8-13-10-18(6,7)21-15(9-14(19-21)12(2)22)20(11-13)16(23)24-17(3,4)5/h9,13H,8,10-11H2,1-7H3. The third-order valence-corrected chi connectivity index (χ3v) is 4.32. The molecule has 0 spiro atoms. The molecule has 1 unspecified atom stereocenters. The van der Waals surface area contributed by atoms with Gasteiger partial charge in [0.2, 0.25) is 0 Å². The lowest BCUT2D eigenvalue weighted by Gasteiger charge is -2.28. The van der Waals surface area contributed by atoms with Gasteiger partial charge in [0.15, 0.2) is 5.78 Å². The van der Waals surface area contributed by atoms with Crippen molar-refractivity contribution >= 4 is 17.7 Å². The van der Waals surface area contributed by atoms with Crippen LogP contribution in [0.5, 0.6) is 0 Å². The molecule has 0 aliphatic carbocycles. The molecule has 1 aromatic heterocycles. The second kappa shape index (κ2) is 6.22. The van der Waals surface area contributed by atoms with Crippen LogP contribution in [0.1, 0.15) is 71.8 Å². The van der Waals surface area contributed by atoms with Crippen molar-refractivity contribution in [3.05, 3.63) is 11.8 Å². The van der Waals surface area contributed by atoms with Gasteiger partial charge in [0.05, 0.1) is 5.54 Å². The molecule has 134 valence electrons. The van der Waals surface area contributed by atoms with Gasteiger partial charge in [-0.1, -0.05) is 13.3 Å². The Hall–Kier alpha value is -1.85. The minimum Gasteiger partial charge on any atom is -0.443 e. The number of ketones is 1. The van der Waals surface area contributed by atoms with Gasteiger partial charge in [-0.2, -0.15) is 5.10 Å². The number of rotatable bonds is 2. The first-order chi connectivity index (χ1) is 10.9. The number of Topliss-reactive ketones (excluding diaryl/α,β-unsaturated/α-hetero) is 1. The molecule has 0 saturated heterocycles. The summed E-state index contributed by atoms with van der Waals surface area (Å²) in [5, 5.41) is 4.48. The van der Waals surface area contributed by atoms with E-state index in [0.29, 0.717) is 24.0 Å². The molecule has 6 heteroatoms. The van der Waals surface area contributed by atoms with E-state index in [1.165, 1.54) is 6.92 Å². The second-order valence-corrected chi connectivity index (χ2v) is 8.24. The molecule has 1 aliphatic rings. The fourth-order valence-corrected chi connectivity index (χ4v) is 3.15. The predicted molar refractivity (Wildman–Crippen MR) is 93.5 cm³/mol. The van der Waals surface area contributed by atoms with Crippen LogP contribution in [-0.2, 0) is 10.3 Å². The van der Waals surface area contributed by atoms with Crippen molar-refractivity contribution in [3.8, 4) is 0 Å². The summed E-state index contributed by atoms with van der Waals surface area (Å²) in [6.07, 6.45) is 1.46. The van der Waals surface area contributed by atoms with E-state index in [9.17, 15) is 9.59 Å². The molecule has 0 saturated carbocycles. The van der Waals surface area contributed by atoms with Crippen molar-refractivity contribution in [1.29, 1.82) is 0 Å². The van der Waals surface area contributed by atoms with Crippen molar-refractivity contribution in [1.82, 2.24) is 9.78 Å². The SMILES string of the molecule is CCC1CN(C(=O)OC(C)(C)C)c2cc(C(C)=O)nn2C(C)(C)C1. The molecular formula is C18H29N3O3. The highest BCUT2D eigenvalue weighted by molar-refractivity contribution is 5.95. The molecule has 0 aromatic carbocycles. The highest BCUT2D eigenvalue weighted by Gasteiger charge is 2.38. The molecule has 0 N–H and O–H groups in total. The Morgan fingerprint density at radius 2 is 2.00 bits per heavy atom. The lowest BCUT2D eigenvalue weighted by Crippen LogP contribution is -2.39. The average molecular weight is 335 g/mol. The number of hydrogen-bond acceptors (Lipinski definition) is 4. The first kappa shape index (κ1) is 18.5. The number of aromatic nitrogens is 2. The smallest absolute Gasteiger partial charge is 0.416 e. The van der Waals surface area contributed by atoms with E-state index in [1.54, 1.807) is 11.0 Å². The van der Waals surface area contributed by atoms with Gasteiger partial charge in [-0.25, -0.2) is 9.48 Å². The Morgan fingerprint density at radius 1 is 1.38 bits per heavy atom. The number of fused-ring (bicyclic) bond motifs is 1. The zero-order valence-electron chi connectivity index (χ0n) is 15.8. The van der Waals surface area contributed by atoms with Crippen LogP contribution in [0.25, 0.3) is 0 Å². The van der Waals surface area contributed by atoms with Gasteiger partial charge in [0.1, 0.15) is 17.1 Å². The van der Waals surface area contributed by atoms with Crippen LogP contribution in [0.15, 0.2) is 6.07 Å². The van der Waals surface area contributed by atoms with Gasteiger partial charge < -0.3 is 4.74 Å².